The Balaban J connectivity index is 1.13. The minimum absolute atomic E-state index is 0.0268. The summed E-state index contributed by atoms with van der Waals surface area (Å²) in [6.07, 6.45) is 0.836. The van der Waals surface area contributed by atoms with Crippen molar-refractivity contribution < 1.29 is 19.1 Å². The molecule has 0 aromatic heterocycles. The van der Waals surface area contributed by atoms with E-state index in [1.807, 2.05) is 59.5 Å². The van der Waals surface area contributed by atoms with Crippen LogP contribution < -0.4 is 5.32 Å². The Bertz CT molecular complexity index is 1250. The number of hydrogen-bond donors (Lipinski definition) is 1. The van der Waals surface area contributed by atoms with Crippen molar-refractivity contribution in [2.24, 2.45) is 0 Å². The minimum Gasteiger partial charge on any atom is -0.465 e. The van der Waals surface area contributed by atoms with Gasteiger partial charge in [-0.15, -0.1) is 0 Å². The summed E-state index contributed by atoms with van der Waals surface area (Å²) in [7, 11) is 1.37. The van der Waals surface area contributed by atoms with Crippen LogP contribution in [0.15, 0.2) is 78.9 Å². The van der Waals surface area contributed by atoms with Gasteiger partial charge >= 0.3 is 12.0 Å². The van der Waals surface area contributed by atoms with Gasteiger partial charge in [0.1, 0.15) is 0 Å². The van der Waals surface area contributed by atoms with Gasteiger partial charge in [-0.05, 0) is 47.4 Å². The summed E-state index contributed by atoms with van der Waals surface area (Å²) in [6.45, 7) is 4.02. The standard InChI is InChI=1S/C31H34ClN3O4/c1-38-30(36)25-9-7-22(8-10-25)21-39-29(24-11-13-26(32)14-12-24)20-34-15-17-35(18-16-34)31(37)33-28-19-27(28)23-5-3-2-4-6-23/h2-14,27-29H,15-21H2,1H3,(H,33,37)/t27-,28-,29+/m0/s1. The van der Waals surface area contributed by atoms with Crippen LogP contribution >= 0.6 is 11.6 Å². The molecule has 0 spiro atoms. The summed E-state index contributed by atoms with van der Waals surface area (Å²) in [6, 6.07) is 25.6. The van der Waals surface area contributed by atoms with Gasteiger partial charge in [-0.2, -0.15) is 0 Å². The van der Waals surface area contributed by atoms with E-state index in [2.05, 4.69) is 22.3 Å². The molecule has 1 aliphatic heterocycles. The number of carbonyl (C=O) groups excluding carboxylic acids is 2. The van der Waals surface area contributed by atoms with E-state index in [-0.39, 0.29) is 24.1 Å². The number of amides is 2. The molecule has 0 unspecified atom stereocenters. The maximum atomic E-state index is 12.9. The van der Waals surface area contributed by atoms with Gasteiger partial charge in [0.25, 0.3) is 0 Å². The number of esters is 1. The number of carbonyl (C=O) groups is 2. The predicted molar refractivity (Wildman–Crippen MR) is 151 cm³/mol. The third-order valence-electron chi connectivity index (χ3n) is 7.48. The third kappa shape index (κ3) is 7.18. The van der Waals surface area contributed by atoms with Crippen LogP contribution in [0.3, 0.4) is 0 Å². The first-order chi connectivity index (χ1) is 19.0. The Morgan fingerprint density at radius 1 is 0.949 bits per heavy atom. The number of nitrogens with one attached hydrogen (secondary N) is 1. The summed E-state index contributed by atoms with van der Waals surface area (Å²) in [5, 5.41) is 3.90. The summed E-state index contributed by atoms with van der Waals surface area (Å²) in [5.74, 6) is 0.0628. The highest BCUT2D eigenvalue weighted by atomic mass is 35.5. The highest BCUT2D eigenvalue weighted by Gasteiger charge is 2.40. The van der Waals surface area contributed by atoms with Crippen LogP contribution in [0, 0.1) is 0 Å². The van der Waals surface area contributed by atoms with Gasteiger partial charge in [0.05, 0.1) is 25.4 Å². The van der Waals surface area contributed by atoms with Crippen molar-refractivity contribution in [2.75, 3.05) is 39.8 Å². The maximum Gasteiger partial charge on any atom is 0.337 e. The Hall–Kier alpha value is -3.39. The van der Waals surface area contributed by atoms with Crippen molar-refractivity contribution in [2.45, 2.75) is 31.1 Å². The normalized spacial score (nSPS) is 19.8. The van der Waals surface area contributed by atoms with Crippen molar-refractivity contribution in [1.29, 1.82) is 0 Å². The molecule has 2 aliphatic rings. The molecule has 3 atom stereocenters. The molecule has 0 bridgehead atoms. The quantitative estimate of drug-likeness (QED) is 0.370. The number of hydrogen-bond acceptors (Lipinski definition) is 5. The van der Waals surface area contributed by atoms with Crippen LogP contribution in [0.1, 0.15) is 45.5 Å². The lowest BCUT2D eigenvalue weighted by atomic mass is 10.1. The molecular formula is C31H34ClN3O4. The van der Waals surface area contributed by atoms with Gasteiger partial charge in [0, 0.05) is 49.7 Å². The molecule has 39 heavy (non-hydrogen) atoms. The summed E-state index contributed by atoms with van der Waals surface area (Å²) in [5.41, 5.74) is 3.82. The van der Waals surface area contributed by atoms with Crippen LogP contribution in [-0.2, 0) is 16.1 Å². The second-order valence-electron chi connectivity index (χ2n) is 10.1. The van der Waals surface area contributed by atoms with E-state index in [1.165, 1.54) is 12.7 Å². The van der Waals surface area contributed by atoms with Crippen molar-refractivity contribution in [3.05, 3.63) is 106 Å². The fourth-order valence-electron chi connectivity index (χ4n) is 5.02. The fraction of sp³-hybridized carbons (Fsp3) is 0.355. The van der Waals surface area contributed by atoms with Crippen LogP contribution in [0.25, 0.3) is 0 Å². The number of piperazine rings is 1. The summed E-state index contributed by atoms with van der Waals surface area (Å²) in [4.78, 5) is 28.9. The first kappa shape index (κ1) is 27.2. The highest BCUT2D eigenvalue weighted by Crippen LogP contribution is 2.40. The molecule has 1 saturated heterocycles. The molecule has 1 saturated carbocycles. The second kappa shape index (κ2) is 12.6. The van der Waals surface area contributed by atoms with Crippen molar-refractivity contribution >= 4 is 23.6 Å². The van der Waals surface area contributed by atoms with Gasteiger partial charge in [-0.3, -0.25) is 4.90 Å². The average molecular weight is 548 g/mol. The van der Waals surface area contributed by atoms with E-state index >= 15 is 0 Å². The zero-order chi connectivity index (χ0) is 27.2. The highest BCUT2D eigenvalue weighted by molar-refractivity contribution is 6.30. The van der Waals surface area contributed by atoms with E-state index in [1.54, 1.807) is 12.1 Å². The fourth-order valence-corrected chi connectivity index (χ4v) is 5.15. The molecule has 2 fully saturated rings. The zero-order valence-corrected chi connectivity index (χ0v) is 22.8. The van der Waals surface area contributed by atoms with Gasteiger partial charge < -0.3 is 19.7 Å². The second-order valence-corrected chi connectivity index (χ2v) is 10.6. The first-order valence-electron chi connectivity index (χ1n) is 13.4. The smallest absolute Gasteiger partial charge is 0.337 e. The molecule has 204 valence electrons. The lowest BCUT2D eigenvalue weighted by molar-refractivity contribution is 0.00554. The minimum atomic E-state index is -0.359. The number of ether oxygens (including phenoxy) is 2. The third-order valence-corrected chi connectivity index (χ3v) is 7.73. The number of halogens is 1. The van der Waals surface area contributed by atoms with Gasteiger partial charge in [0.15, 0.2) is 0 Å². The van der Waals surface area contributed by atoms with Crippen LogP contribution in [-0.4, -0.2) is 67.7 Å². The number of rotatable bonds is 9. The predicted octanol–water partition coefficient (Wildman–Crippen LogP) is 5.27. The SMILES string of the molecule is COC(=O)c1ccc(CO[C@H](CN2CCN(C(=O)N[C@H]3C[C@H]3c3ccccc3)CC2)c2ccc(Cl)cc2)cc1. The Morgan fingerprint density at radius 3 is 2.31 bits per heavy atom. The number of nitrogens with zero attached hydrogens (tertiary/aromatic N) is 2. The van der Waals surface area contributed by atoms with E-state index in [4.69, 9.17) is 21.1 Å². The number of urea groups is 1. The van der Waals surface area contributed by atoms with Crippen LogP contribution in [0.4, 0.5) is 4.79 Å². The molecule has 1 aliphatic carbocycles. The van der Waals surface area contributed by atoms with Crippen molar-refractivity contribution in [3.8, 4) is 0 Å². The largest absolute Gasteiger partial charge is 0.465 e. The van der Waals surface area contributed by atoms with Crippen molar-refractivity contribution in [1.82, 2.24) is 15.1 Å². The Morgan fingerprint density at radius 2 is 1.64 bits per heavy atom. The first-order valence-corrected chi connectivity index (χ1v) is 13.7. The molecule has 3 aromatic carbocycles. The molecule has 5 rings (SSSR count). The molecule has 7 nitrogen and oxygen atoms in total. The Kier molecular flexibility index (Phi) is 8.81. The molecule has 1 N–H and O–H groups in total. The number of methoxy groups -OCH3 is 1. The van der Waals surface area contributed by atoms with Gasteiger partial charge in [-0.25, -0.2) is 9.59 Å². The van der Waals surface area contributed by atoms with E-state index in [0.29, 0.717) is 42.7 Å². The van der Waals surface area contributed by atoms with Gasteiger partial charge in [-0.1, -0.05) is 66.2 Å². The number of benzene rings is 3. The zero-order valence-electron chi connectivity index (χ0n) is 22.1. The topological polar surface area (TPSA) is 71.1 Å². The lowest BCUT2D eigenvalue weighted by Gasteiger charge is -2.36. The van der Waals surface area contributed by atoms with E-state index in [9.17, 15) is 9.59 Å². The van der Waals surface area contributed by atoms with E-state index < -0.39 is 0 Å². The molecule has 3 aromatic rings. The van der Waals surface area contributed by atoms with Crippen LogP contribution in [0.5, 0.6) is 0 Å². The summed E-state index contributed by atoms with van der Waals surface area (Å²) >= 11 is 6.13. The van der Waals surface area contributed by atoms with Crippen LogP contribution in [0.2, 0.25) is 5.02 Å². The van der Waals surface area contributed by atoms with E-state index in [0.717, 1.165) is 30.6 Å². The van der Waals surface area contributed by atoms with Gasteiger partial charge in [0.2, 0.25) is 0 Å². The molecule has 1 heterocycles. The molecule has 8 heteroatoms. The monoisotopic (exact) mass is 547 g/mol. The molecule has 2 amide bonds. The Labute approximate surface area is 234 Å². The molecular weight excluding hydrogens is 514 g/mol. The summed E-state index contributed by atoms with van der Waals surface area (Å²) < 4.78 is 11.2. The van der Waals surface area contributed by atoms with Crippen molar-refractivity contribution in [3.63, 3.8) is 0 Å². The molecule has 0 radical (unpaired) electrons. The maximum absolute atomic E-state index is 12.9. The lowest BCUT2D eigenvalue weighted by Crippen LogP contribution is -2.52. The average Bonchev–Trinajstić information content (AvgIpc) is 3.75.